The van der Waals surface area contributed by atoms with Gasteiger partial charge in [0.05, 0.1) is 18.7 Å². The van der Waals surface area contributed by atoms with E-state index < -0.39 is 58.0 Å². The summed E-state index contributed by atoms with van der Waals surface area (Å²) in [6, 6.07) is 8.47. The molecule has 0 saturated heterocycles. The number of hydrogen-bond acceptors (Lipinski definition) is 10. The second kappa shape index (κ2) is 11.9. The van der Waals surface area contributed by atoms with Gasteiger partial charge in [-0.15, -0.1) is 0 Å². The zero-order valence-electron chi connectivity index (χ0n) is 26.3. The maximum atomic E-state index is 14.2. The largest absolute Gasteiger partial charge is 0.510 e. The Morgan fingerprint density at radius 2 is 1.78 bits per heavy atom. The lowest BCUT2D eigenvalue weighted by Gasteiger charge is -2.50. The molecule has 0 aromatic heterocycles. The molecule has 244 valence electrons. The number of allylic oxidation sites excluding steroid dienone is 1. The first-order chi connectivity index (χ1) is 21.9. The maximum absolute atomic E-state index is 14.2. The Morgan fingerprint density at radius 1 is 1.07 bits per heavy atom. The predicted octanol–water partition coefficient (Wildman–Crippen LogP) is 3.22. The van der Waals surface area contributed by atoms with Crippen LogP contribution in [0.4, 0.5) is 0 Å². The van der Waals surface area contributed by atoms with Crippen LogP contribution in [-0.2, 0) is 22.6 Å². The molecular formula is C35H41N3O8. The molecule has 0 spiro atoms. The van der Waals surface area contributed by atoms with Gasteiger partial charge in [0.1, 0.15) is 28.6 Å². The molecular weight excluding hydrogens is 590 g/mol. The number of carbonyl (C=O) groups excluding carboxylic acids is 3. The number of carbonyl (C=O) groups is 3. The SMILES string of the molecule is COc1ccc(CNC2CCCCC2)cc1-c1ccc(O)c2c1C[C@@H]1C[C@@H]3C(N(C)C)C(O)=C(C(N)=O)C(=O)[C@]3(O)C(O)=C1C2=O. The molecule has 1 unspecified atom stereocenters. The van der Waals surface area contributed by atoms with E-state index >= 15 is 0 Å². The molecule has 2 aromatic rings. The summed E-state index contributed by atoms with van der Waals surface area (Å²) < 4.78 is 5.73. The topological polar surface area (TPSA) is 183 Å². The first kappa shape index (κ1) is 31.8. The van der Waals surface area contributed by atoms with Crippen molar-refractivity contribution in [3.63, 3.8) is 0 Å². The van der Waals surface area contributed by atoms with Crippen LogP contribution < -0.4 is 15.8 Å². The number of rotatable bonds is 7. The molecule has 0 heterocycles. The van der Waals surface area contributed by atoms with Crippen LogP contribution in [0.15, 0.2) is 53.0 Å². The fourth-order valence-electron chi connectivity index (χ4n) is 8.15. The van der Waals surface area contributed by atoms with E-state index in [-0.39, 0.29) is 29.7 Å². The number of aliphatic hydroxyl groups excluding tert-OH is 2. The highest BCUT2D eigenvalue weighted by molar-refractivity contribution is 6.25. The number of ketones is 2. The van der Waals surface area contributed by atoms with Crippen LogP contribution in [0.25, 0.3) is 11.1 Å². The van der Waals surface area contributed by atoms with Gasteiger partial charge in [-0.2, -0.15) is 0 Å². The number of primary amides is 1. The molecule has 11 nitrogen and oxygen atoms in total. The van der Waals surface area contributed by atoms with Crippen molar-refractivity contribution in [2.24, 2.45) is 17.6 Å². The molecule has 7 N–H and O–H groups in total. The number of phenols is 1. The number of phenolic OH excluding ortho intramolecular Hbond substituents is 1. The number of nitrogens with zero attached hydrogens (tertiary/aromatic N) is 1. The van der Waals surface area contributed by atoms with Crippen molar-refractivity contribution in [1.29, 1.82) is 0 Å². The Kier molecular flexibility index (Phi) is 8.20. The van der Waals surface area contributed by atoms with E-state index in [4.69, 9.17) is 10.5 Å². The van der Waals surface area contributed by atoms with E-state index in [9.17, 15) is 34.8 Å². The summed E-state index contributed by atoms with van der Waals surface area (Å²) in [7, 11) is 4.77. The minimum absolute atomic E-state index is 0.0172. The molecule has 0 aliphatic heterocycles. The number of amides is 1. The smallest absolute Gasteiger partial charge is 0.255 e. The lowest BCUT2D eigenvalue weighted by atomic mass is 9.58. The number of aromatic hydroxyl groups is 1. The van der Waals surface area contributed by atoms with Gasteiger partial charge in [-0.05, 0) is 80.6 Å². The molecule has 1 saturated carbocycles. The summed E-state index contributed by atoms with van der Waals surface area (Å²) in [5.41, 5.74) is 4.69. The summed E-state index contributed by atoms with van der Waals surface area (Å²) in [4.78, 5) is 41.5. The Labute approximate surface area is 267 Å². The molecule has 4 aliphatic carbocycles. The van der Waals surface area contributed by atoms with Crippen molar-refractivity contribution in [2.45, 2.75) is 69.2 Å². The molecule has 2 aromatic carbocycles. The van der Waals surface area contributed by atoms with E-state index in [0.717, 1.165) is 24.0 Å². The number of benzene rings is 2. The zero-order chi connectivity index (χ0) is 33.1. The first-order valence-corrected chi connectivity index (χ1v) is 15.8. The lowest BCUT2D eigenvalue weighted by Crippen LogP contribution is -2.63. The predicted molar refractivity (Wildman–Crippen MR) is 169 cm³/mol. The standard InChI is InChI=1S/C35H41N3O8/c1-38(2)29-23-15-18-14-22-20(21-13-17(9-12-25(21)46-3)16-37-19-7-5-4-6-8-19)10-11-24(39)27(22)30(40)26(18)32(42)35(23,45)33(43)28(31(29)41)34(36)44/h9-13,18-19,23,29,37,39,41-42,45H,4-8,14-16H2,1-3H3,(H2,36,44)/t18-,23-,29?,35-/m1/s1. The van der Waals surface area contributed by atoms with Gasteiger partial charge in [0.25, 0.3) is 5.91 Å². The minimum Gasteiger partial charge on any atom is -0.510 e. The number of Topliss-reactive ketones (excluding diaryl/α,β-unsaturated/α-hetero) is 2. The van der Waals surface area contributed by atoms with Crippen LogP contribution in [0.5, 0.6) is 11.5 Å². The average molecular weight is 632 g/mol. The summed E-state index contributed by atoms with van der Waals surface area (Å²) in [5, 5.41) is 49.1. The van der Waals surface area contributed by atoms with E-state index in [0.29, 0.717) is 29.5 Å². The van der Waals surface area contributed by atoms with Crippen molar-refractivity contribution in [3.8, 4) is 22.6 Å². The van der Waals surface area contributed by atoms with Gasteiger partial charge in [-0.1, -0.05) is 31.4 Å². The van der Waals surface area contributed by atoms with Gasteiger partial charge in [0, 0.05) is 29.6 Å². The highest BCUT2D eigenvalue weighted by Crippen LogP contribution is 2.53. The highest BCUT2D eigenvalue weighted by atomic mass is 16.5. The van der Waals surface area contributed by atoms with Gasteiger partial charge < -0.3 is 36.2 Å². The Balaban J connectivity index is 1.45. The summed E-state index contributed by atoms with van der Waals surface area (Å²) in [5.74, 6) is -6.21. The third kappa shape index (κ3) is 4.88. The Hall–Kier alpha value is -4.19. The molecule has 1 fully saturated rings. The molecule has 11 heteroatoms. The number of nitrogens with one attached hydrogen (secondary N) is 1. The van der Waals surface area contributed by atoms with Crippen molar-refractivity contribution in [2.75, 3.05) is 21.2 Å². The third-order valence-electron chi connectivity index (χ3n) is 10.4. The molecule has 4 aliphatic rings. The fourth-order valence-corrected chi connectivity index (χ4v) is 8.15. The van der Waals surface area contributed by atoms with Crippen LogP contribution in [0.3, 0.4) is 0 Å². The molecule has 6 rings (SSSR count). The van der Waals surface area contributed by atoms with Crippen molar-refractivity contribution >= 4 is 17.5 Å². The molecule has 46 heavy (non-hydrogen) atoms. The Morgan fingerprint density at radius 3 is 2.43 bits per heavy atom. The van der Waals surface area contributed by atoms with Crippen LogP contribution in [0, 0.1) is 11.8 Å². The van der Waals surface area contributed by atoms with Crippen LogP contribution in [0.1, 0.15) is 60.0 Å². The monoisotopic (exact) mass is 631 g/mol. The minimum atomic E-state index is -2.68. The number of aliphatic hydroxyl groups is 3. The number of methoxy groups -OCH3 is 1. The molecule has 1 amide bonds. The van der Waals surface area contributed by atoms with Crippen LogP contribution in [-0.4, -0.2) is 81.7 Å². The number of hydrogen-bond donors (Lipinski definition) is 6. The second-order valence-corrected chi connectivity index (χ2v) is 13.2. The quantitative estimate of drug-likeness (QED) is 0.248. The average Bonchev–Trinajstić information content (AvgIpc) is 3.02. The fraction of sp³-hybridized carbons (Fsp3) is 0.457. The number of ether oxygens (including phenoxy) is 1. The molecule has 0 radical (unpaired) electrons. The summed E-state index contributed by atoms with van der Waals surface area (Å²) >= 11 is 0. The third-order valence-corrected chi connectivity index (χ3v) is 10.4. The second-order valence-electron chi connectivity index (χ2n) is 13.2. The number of fused-ring (bicyclic) bond motifs is 3. The van der Waals surface area contributed by atoms with E-state index in [1.807, 2.05) is 18.2 Å². The van der Waals surface area contributed by atoms with Crippen molar-refractivity contribution < 1.29 is 39.5 Å². The normalized spacial score (nSPS) is 26.6. The van der Waals surface area contributed by atoms with E-state index in [1.165, 1.54) is 30.2 Å². The van der Waals surface area contributed by atoms with Crippen LogP contribution >= 0.6 is 0 Å². The van der Waals surface area contributed by atoms with E-state index in [2.05, 4.69) is 5.32 Å². The lowest BCUT2D eigenvalue weighted by molar-refractivity contribution is -0.148. The van der Waals surface area contributed by atoms with Gasteiger partial charge in [-0.25, -0.2) is 0 Å². The summed E-state index contributed by atoms with van der Waals surface area (Å²) in [6.07, 6.45) is 6.20. The van der Waals surface area contributed by atoms with Crippen molar-refractivity contribution in [3.05, 3.63) is 69.7 Å². The highest BCUT2D eigenvalue weighted by Gasteiger charge is 2.63. The number of nitrogens with two attached hydrogens (primary N) is 1. The molecule has 0 bridgehead atoms. The first-order valence-electron chi connectivity index (χ1n) is 15.8. The summed E-state index contributed by atoms with van der Waals surface area (Å²) in [6.45, 7) is 0.661. The van der Waals surface area contributed by atoms with Gasteiger partial charge in [-0.3, -0.25) is 19.3 Å². The van der Waals surface area contributed by atoms with Crippen molar-refractivity contribution in [1.82, 2.24) is 10.2 Å². The zero-order valence-corrected chi connectivity index (χ0v) is 26.3. The number of likely N-dealkylation sites (N-methyl/N-ethyl adjacent to an activating group) is 1. The van der Waals surface area contributed by atoms with Crippen LogP contribution in [0.2, 0.25) is 0 Å². The van der Waals surface area contributed by atoms with E-state index in [1.54, 1.807) is 27.3 Å². The van der Waals surface area contributed by atoms with Gasteiger partial charge >= 0.3 is 0 Å². The van der Waals surface area contributed by atoms with Gasteiger partial charge in [0.15, 0.2) is 11.4 Å². The van der Waals surface area contributed by atoms with Gasteiger partial charge in [0.2, 0.25) is 5.78 Å². The Bertz CT molecular complexity index is 1690. The molecule has 4 atom stereocenters. The maximum Gasteiger partial charge on any atom is 0.255 e.